The molecule has 1 N–H and O–H groups in total. The molecular formula is C22H27ClN2O4. The lowest BCUT2D eigenvalue weighted by molar-refractivity contribution is -0.140. The summed E-state index contributed by atoms with van der Waals surface area (Å²) < 4.78 is 10.8. The summed E-state index contributed by atoms with van der Waals surface area (Å²) in [5.74, 6) is 1.17. The summed E-state index contributed by atoms with van der Waals surface area (Å²) in [6.07, 6.45) is 0.827. The minimum atomic E-state index is -0.578. The SMILES string of the molecule is CNC(=O)C(C)N(Cc1ccc(Cl)cc1)C(=O)CCCOc1ccc(OC)cc1. The molecule has 0 fully saturated rings. The van der Waals surface area contributed by atoms with Gasteiger partial charge in [0.15, 0.2) is 0 Å². The maximum atomic E-state index is 12.8. The van der Waals surface area contributed by atoms with Crippen LogP contribution in [0.25, 0.3) is 0 Å². The number of amides is 2. The Labute approximate surface area is 176 Å². The summed E-state index contributed by atoms with van der Waals surface area (Å²) in [7, 11) is 3.17. The van der Waals surface area contributed by atoms with Crippen molar-refractivity contribution in [1.29, 1.82) is 0 Å². The topological polar surface area (TPSA) is 67.9 Å². The number of methoxy groups -OCH3 is 1. The number of nitrogens with zero attached hydrogens (tertiary/aromatic N) is 1. The maximum absolute atomic E-state index is 12.8. The molecule has 0 radical (unpaired) electrons. The van der Waals surface area contributed by atoms with Crippen molar-refractivity contribution >= 4 is 23.4 Å². The lowest BCUT2D eigenvalue weighted by atomic mass is 10.1. The molecule has 156 valence electrons. The highest BCUT2D eigenvalue weighted by Gasteiger charge is 2.25. The third-order valence-electron chi connectivity index (χ3n) is 4.54. The van der Waals surface area contributed by atoms with Crippen molar-refractivity contribution in [2.24, 2.45) is 0 Å². The summed E-state index contributed by atoms with van der Waals surface area (Å²) in [6.45, 7) is 2.46. The molecule has 2 amide bonds. The van der Waals surface area contributed by atoms with E-state index in [1.807, 2.05) is 36.4 Å². The number of rotatable bonds is 10. The van der Waals surface area contributed by atoms with Crippen LogP contribution in [0.1, 0.15) is 25.3 Å². The fourth-order valence-electron chi connectivity index (χ4n) is 2.81. The minimum Gasteiger partial charge on any atom is -0.497 e. The fourth-order valence-corrected chi connectivity index (χ4v) is 2.93. The zero-order chi connectivity index (χ0) is 21.2. The molecule has 7 heteroatoms. The number of hydrogen-bond donors (Lipinski definition) is 1. The van der Waals surface area contributed by atoms with Gasteiger partial charge in [-0.3, -0.25) is 9.59 Å². The Morgan fingerprint density at radius 1 is 1.07 bits per heavy atom. The highest BCUT2D eigenvalue weighted by Crippen LogP contribution is 2.18. The number of benzene rings is 2. The van der Waals surface area contributed by atoms with Crippen molar-refractivity contribution in [3.8, 4) is 11.5 Å². The van der Waals surface area contributed by atoms with Crippen LogP contribution in [0.15, 0.2) is 48.5 Å². The van der Waals surface area contributed by atoms with E-state index >= 15 is 0 Å². The predicted molar refractivity (Wildman–Crippen MR) is 113 cm³/mol. The summed E-state index contributed by atoms with van der Waals surface area (Å²) in [5, 5.41) is 3.23. The van der Waals surface area contributed by atoms with Gasteiger partial charge in [0.2, 0.25) is 11.8 Å². The molecule has 1 unspecified atom stereocenters. The molecule has 0 aliphatic rings. The van der Waals surface area contributed by atoms with Crippen molar-refractivity contribution in [3.63, 3.8) is 0 Å². The first-order valence-corrected chi connectivity index (χ1v) is 9.84. The average molecular weight is 419 g/mol. The van der Waals surface area contributed by atoms with Crippen LogP contribution in [0.3, 0.4) is 0 Å². The molecule has 0 aliphatic heterocycles. The Hall–Kier alpha value is -2.73. The van der Waals surface area contributed by atoms with Gasteiger partial charge in [-0.15, -0.1) is 0 Å². The van der Waals surface area contributed by atoms with Crippen LogP contribution in [0.4, 0.5) is 0 Å². The van der Waals surface area contributed by atoms with Gasteiger partial charge in [-0.2, -0.15) is 0 Å². The van der Waals surface area contributed by atoms with E-state index in [0.29, 0.717) is 24.6 Å². The second kappa shape index (κ2) is 11.3. The van der Waals surface area contributed by atoms with Crippen molar-refractivity contribution in [2.45, 2.75) is 32.4 Å². The second-order valence-corrected chi connectivity index (χ2v) is 7.00. The van der Waals surface area contributed by atoms with Gasteiger partial charge >= 0.3 is 0 Å². The van der Waals surface area contributed by atoms with Gasteiger partial charge in [-0.05, 0) is 55.3 Å². The number of likely N-dealkylation sites (N-methyl/N-ethyl adjacent to an activating group) is 1. The summed E-state index contributed by atoms with van der Waals surface area (Å²) in [5.41, 5.74) is 0.910. The third-order valence-corrected chi connectivity index (χ3v) is 4.79. The third kappa shape index (κ3) is 6.98. The lowest BCUT2D eigenvalue weighted by Crippen LogP contribution is -2.46. The fraction of sp³-hybridized carbons (Fsp3) is 0.364. The van der Waals surface area contributed by atoms with E-state index in [2.05, 4.69) is 5.32 Å². The first kappa shape index (κ1) is 22.6. The molecule has 0 saturated heterocycles. The summed E-state index contributed by atoms with van der Waals surface area (Å²) >= 11 is 5.93. The highest BCUT2D eigenvalue weighted by molar-refractivity contribution is 6.30. The average Bonchev–Trinajstić information content (AvgIpc) is 2.75. The molecule has 0 heterocycles. The Morgan fingerprint density at radius 3 is 2.28 bits per heavy atom. The highest BCUT2D eigenvalue weighted by atomic mass is 35.5. The number of ether oxygens (including phenoxy) is 2. The second-order valence-electron chi connectivity index (χ2n) is 6.57. The lowest BCUT2D eigenvalue weighted by Gasteiger charge is -2.28. The van der Waals surface area contributed by atoms with Crippen LogP contribution in [0.2, 0.25) is 5.02 Å². The van der Waals surface area contributed by atoms with Gasteiger partial charge in [-0.25, -0.2) is 0 Å². The summed E-state index contributed by atoms with van der Waals surface area (Å²) in [4.78, 5) is 26.5. The van der Waals surface area contributed by atoms with Gasteiger partial charge in [0.25, 0.3) is 0 Å². The number of carbonyl (C=O) groups is 2. The predicted octanol–water partition coefficient (Wildman–Crippen LogP) is 3.67. The van der Waals surface area contributed by atoms with Crippen LogP contribution in [0.5, 0.6) is 11.5 Å². The van der Waals surface area contributed by atoms with Crippen molar-refractivity contribution in [3.05, 3.63) is 59.1 Å². The monoisotopic (exact) mass is 418 g/mol. The molecule has 0 bridgehead atoms. The standard InChI is InChI=1S/C22H27ClN2O4/c1-16(22(27)24-2)25(15-17-6-8-18(23)9-7-17)21(26)5-4-14-29-20-12-10-19(28-3)11-13-20/h6-13,16H,4-5,14-15H2,1-3H3,(H,24,27). The van der Waals surface area contributed by atoms with Crippen molar-refractivity contribution < 1.29 is 19.1 Å². The number of halogens is 1. The maximum Gasteiger partial charge on any atom is 0.242 e. The molecule has 0 saturated carbocycles. The van der Waals surface area contributed by atoms with Crippen LogP contribution < -0.4 is 14.8 Å². The zero-order valence-electron chi connectivity index (χ0n) is 17.0. The molecular weight excluding hydrogens is 392 g/mol. The Bertz CT molecular complexity index is 793. The largest absolute Gasteiger partial charge is 0.497 e. The van der Waals surface area contributed by atoms with Crippen LogP contribution in [-0.2, 0) is 16.1 Å². The van der Waals surface area contributed by atoms with Crippen LogP contribution in [-0.4, -0.2) is 43.5 Å². The number of hydrogen-bond acceptors (Lipinski definition) is 4. The first-order chi connectivity index (χ1) is 13.9. The van der Waals surface area contributed by atoms with E-state index in [1.54, 1.807) is 38.1 Å². The Morgan fingerprint density at radius 2 is 1.69 bits per heavy atom. The van der Waals surface area contributed by atoms with Crippen LogP contribution in [0, 0.1) is 0 Å². The van der Waals surface area contributed by atoms with Crippen molar-refractivity contribution in [1.82, 2.24) is 10.2 Å². The van der Waals surface area contributed by atoms with Gasteiger partial charge in [0.1, 0.15) is 17.5 Å². The molecule has 29 heavy (non-hydrogen) atoms. The first-order valence-electron chi connectivity index (χ1n) is 9.47. The van der Waals surface area contributed by atoms with E-state index in [-0.39, 0.29) is 18.2 Å². The van der Waals surface area contributed by atoms with Crippen molar-refractivity contribution in [2.75, 3.05) is 20.8 Å². The number of carbonyl (C=O) groups excluding carboxylic acids is 2. The molecule has 1 atom stereocenters. The van der Waals surface area contributed by atoms with Crippen LogP contribution >= 0.6 is 11.6 Å². The molecule has 2 rings (SSSR count). The van der Waals surface area contributed by atoms with E-state index < -0.39 is 6.04 Å². The molecule has 0 spiro atoms. The zero-order valence-corrected chi connectivity index (χ0v) is 17.7. The smallest absolute Gasteiger partial charge is 0.242 e. The quantitative estimate of drug-likeness (QED) is 0.598. The minimum absolute atomic E-state index is 0.102. The molecule has 6 nitrogen and oxygen atoms in total. The van der Waals surface area contributed by atoms with Gasteiger partial charge in [-0.1, -0.05) is 23.7 Å². The Kier molecular flexibility index (Phi) is 8.80. The molecule has 0 aliphatic carbocycles. The van der Waals surface area contributed by atoms with E-state index in [1.165, 1.54) is 0 Å². The number of nitrogens with one attached hydrogen (secondary N) is 1. The van der Waals surface area contributed by atoms with E-state index in [9.17, 15) is 9.59 Å². The van der Waals surface area contributed by atoms with E-state index in [0.717, 1.165) is 17.1 Å². The normalized spacial score (nSPS) is 11.4. The molecule has 0 aromatic heterocycles. The Balaban J connectivity index is 1.93. The van der Waals surface area contributed by atoms with E-state index in [4.69, 9.17) is 21.1 Å². The summed E-state index contributed by atoms with van der Waals surface area (Å²) in [6, 6.07) is 13.9. The van der Waals surface area contributed by atoms with Gasteiger partial charge < -0.3 is 19.7 Å². The van der Waals surface area contributed by atoms with Gasteiger partial charge in [0.05, 0.1) is 13.7 Å². The molecule has 2 aromatic carbocycles. The molecule has 2 aromatic rings. The van der Waals surface area contributed by atoms with Gasteiger partial charge in [0, 0.05) is 25.0 Å².